The van der Waals surface area contributed by atoms with Gasteiger partial charge in [-0.15, -0.1) is 0 Å². The summed E-state index contributed by atoms with van der Waals surface area (Å²) in [7, 11) is -1.33. The molecule has 0 aliphatic rings. The zero-order chi connectivity index (χ0) is 16.9. The predicted octanol–water partition coefficient (Wildman–Crippen LogP) is 1.35. The third-order valence-electron chi connectivity index (χ3n) is 3.17. The molecule has 1 rings (SSSR count). The third-order valence-corrected chi connectivity index (χ3v) is 4.97. The first kappa shape index (κ1) is 18.4. The Kier molecular flexibility index (Phi) is 6.31. The zero-order valence-corrected chi connectivity index (χ0v) is 14.0. The third kappa shape index (κ3) is 4.41. The first-order valence-corrected chi connectivity index (χ1v) is 8.34. The second kappa shape index (κ2) is 7.55. The molecule has 0 fully saturated rings. The Labute approximate surface area is 131 Å². The van der Waals surface area contributed by atoms with E-state index >= 15 is 0 Å². The summed E-state index contributed by atoms with van der Waals surface area (Å²) in [6, 6.07) is 5.37. The fraction of sp³-hybridized carbons (Fsp3) is 0.500. The average molecular weight is 331 g/mol. The Morgan fingerprint density at radius 2 is 1.91 bits per heavy atom. The van der Waals surface area contributed by atoms with Crippen molar-refractivity contribution in [1.82, 2.24) is 9.62 Å². The van der Waals surface area contributed by atoms with E-state index in [1.165, 1.54) is 32.3 Å². The van der Waals surface area contributed by atoms with Crippen molar-refractivity contribution in [3.8, 4) is 0 Å². The zero-order valence-electron chi connectivity index (χ0n) is 13.2. The van der Waals surface area contributed by atoms with Gasteiger partial charge in [0.1, 0.15) is 12.4 Å². The van der Waals surface area contributed by atoms with Crippen LogP contribution in [-0.4, -0.2) is 45.3 Å². The van der Waals surface area contributed by atoms with Gasteiger partial charge >= 0.3 is 10.2 Å². The number of amides is 1. The van der Waals surface area contributed by atoms with Crippen molar-refractivity contribution < 1.29 is 17.6 Å². The minimum Gasteiger partial charge on any atom is -0.352 e. The van der Waals surface area contributed by atoms with Crippen molar-refractivity contribution in [1.29, 1.82) is 0 Å². The highest BCUT2D eigenvalue weighted by Gasteiger charge is 2.29. The number of halogens is 1. The van der Waals surface area contributed by atoms with Crippen molar-refractivity contribution in [2.24, 2.45) is 0 Å². The lowest BCUT2D eigenvalue weighted by atomic mass is 10.2. The molecule has 124 valence electrons. The number of hydrogen-bond acceptors (Lipinski definition) is 3. The molecular weight excluding hydrogens is 309 g/mol. The number of carbonyl (C=O) groups is 1. The highest BCUT2D eigenvalue weighted by molar-refractivity contribution is 7.90. The van der Waals surface area contributed by atoms with E-state index in [9.17, 15) is 17.6 Å². The maximum atomic E-state index is 14.0. The molecular formula is C14H22FN3O3S. The van der Waals surface area contributed by atoms with Crippen LogP contribution in [0.2, 0.25) is 0 Å². The number of anilines is 1. The van der Waals surface area contributed by atoms with Gasteiger partial charge in [-0.25, -0.2) is 8.70 Å². The Morgan fingerprint density at radius 3 is 2.41 bits per heavy atom. The lowest BCUT2D eigenvalue weighted by Gasteiger charge is -2.27. The molecule has 0 aliphatic carbocycles. The Bertz CT molecular complexity index is 620. The first-order chi connectivity index (χ1) is 10.2. The second-order valence-electron chi connectivity index (χ2n) is 5.13. The molecule has 0 radical (unpaired) electrons. The van der Waals surface area contributed by atoms with Crippen LogP contribution in [0.3, 0.4) is 0 Å². The average Bonchev–Trinajstić information content (AvgIpc) is 2.45. The summed E-state index contributed by atoms with van der Waals surface area (Å²) in [6.07, 6.45) is 0.714. The van der Waals surface area contributed by atoms with Crippen LogP contribution in [-0.2, 0) is 15.0 Å². The van der Waals surface area contributed by atoms with E-state index in [-0.39, 0.29) is 11.7 Å². The molecule has 1 aromatic rings. The largest absolute Gasteiger partial charge is 0.352 e. The minimum absolute atomic E-state index is 0.0861. The number of benzene rings is 1. The van der Waals surface area contributed by atoms with Gasteiger partial charge in [0.2, 0.25) is 5.91 Å². The van der Waals surface area contributed by atoms with Gasteiger partial charge in [0.05, 0.1) is 5.69 Å². The van der Waals surface area contributed by atoms with Crippen molar-refractivity contribution in [3.05, 3.63) is 30.1 Å². The van der Waals surface area contributed by atoms with E-state index < -0.39 is 28.5 Å². The van der Waals surface area contributed by atoms with E-state index in [0.29, 0.717) is 6.42 Å². The fourth-order valence-corrected chi connectivity index (χ4v) is 2.77. The second-order valence-corrected chi connectivity index (χ2v) is 7.19. The predicted molar refractivity (Wildman–Crippen MR) is 84.2 cm³/mol. The van der Waals surface area contributed by atoms with Crippen LogP contribution in [0.25, 0.3) is 0 Å². The molecule has 1 N–H and O–H groups in total. The summed E-state index contributed by atoms with van der Waals surface area (Å²) in [5.74, 6) is -1.19. The van der Waals surface area contributed by atoms with E-state index in [4.69, 9.17) is 0 Å². The SMILES string of the molecule is CC[C@H](C)NC(=O)CN(c1ccccc1F)S(=O)(=O)N(C)C. The lowest BCUT2D eigenvalue weighted by Crippen LogP contribution is -2.47. The van der Waals surface area contributed by atoms with Crippen LogP contribution < -0.4 is 9.62 Å². The number of nitrogens with zero attached hydrogens (tertiary/aromatic N) is 2. The van der Waals surface area contributed by atoms with Crippen LogP contribution in [0.1, 0.15) is 20.3 Å². The number of para-hydroxylation sites is 1. The monoisotopic (exact) mass is 331 g/mol. The maximum absolute atomic E-state index is 14.0. The molecule has 0 saturated carbocycles. The highest BCUT2D eigenvalue weighted by atomic mass is 32.2. The molecule has 0 unspecified atom stereocenters. The number of rotatable bonds is 7. The quantitative estimate of drug-likeness (QED) is 0.820. The fourth-order valence-electron chi connectivity index (χ4n) is 1.70. The molecule has 0 heterocycles. The van der Waals surface area contributed by atoms with Crippen LogP contribution in [0, 0.1) is 5.82 Å². The van der Waals surface area contributed by atoms with Crippen molar-refractivity contribution >= 4 is 21.8 Å². The molecule has 0 bridgehead atoms. The van der Waals surface area contributed by atoms with Crippen molar-refractivity contribution in [2.75, 3.05) is 24.9 Å². The standard InChI is InChI=1S/C14H22FN3O3S/c1-5-11(2)16-14(19)10-18(22(20,21)17(3)4)13-9-7-6-8-12(13)15/h6-9,11H,5,10H2,1-4H3,(H,16,19)/t11-/m0/s1. The van der Waals surface area contributed by atoms with Crippen LogP contribution in [0.5, 0.6) is 0 Å². The van der Waals surface area contributed by atoms with Crippen LogP contribution in [0.4, 0.5) is 10.1 Å². The number of hydrogen-bond donors (Lipinski definition) is 1. The van der Waals surface area contributed by atoms with Gasteiger partial charge in [-0.3, -0.25) is 4.79 Å². The smallest absolute Gasteiger partial charge is 0.304 e. The molecule has 0 spiro atoms. The van der Waals surface area contributed by atoms with Gasteiger partial charge in [0, 0.05) is 20.1 Å². The summed E-state index contributed by atoms with van der Waals surface area (Å²) in [5, 5.41) is 2.67. The van der Waals surface area contributed by atoms with E-state index in [2.05, 4.69) is 5.32 Å². The summed E-state index contributed by atoms with van der Waals surface area (Å²) >= 11 is 0. The summed E-state index contributed by atoms with van der Waals surface area (Å²) in [5.41, 5.74) is -0.157. The van der Waals surface area contributed by atoms with E-state index in [1.807, 2.05) is 13.8 Å². The molecule has 0 aliphatic heterocycles. The number of nitrogens with one attached hydrogen (secondary N) is 1. The Balaban J connectivity index is 3.14. The molecule has 0 aromatic heterocycles. The van der Waals surface area contributed by atoms with Crippen molar-refractivity contribution in [3.63, 3.8) is 0 Å². The maximum Gasteiger partial charge on any atom is 0.304 e. The molecule has 1 aromatic carbocycles. The molecule has 22 heavy (non-hydrogen) atoms. The van der Waals surface area contributed by atoms with Crippen LogP contribution >= 0.6 is 0 Å². The van der Waals surface area contributed by atoms with Gasteiger partial charge in [0.15, 0.2) is 0 Å². The van der Waals surface area contributed by atoms with Gasteiger partial charge in [-0.1, -0.05) is 19.1 Å². The van der Waals surface area contributed by atoms with Gasteiger partial charge in [-0.05, 0) is 25.5 Å². The molecule has 6 nitrogen and oxygen atoms in total. The molecule has 1 atom stereocenters. The summed E-state index contributed by atoms with van der Waals surface area (Å²) in [6.45, 7) is 3.23. The normalized spacial score (nSPS) is 13.0. The summed E-state index contributed by atoms with van der Waals surface area (Å²) < 4.78 is 40.4. The Hall–Kier alpha value is -1.67. The minimum atomic E-state index is -3.99. The van der Waals surface area contributed by atoms with Crippen molar-refractivity contribution in [2.45, 2.75) is 26.3 Å². The summed E-state index contributed by atoms with van der Waals surface area (Å²) in [4.78, 5) is 12.0. The number of carbonyl (C=O) groups excluding carboxylic acids is 1. The first-order valence-electron chi connectivity index (χ1n) is 6.94. The van der Waals surface area contributed by atoms with E-state index in [1.54, 1.807) is 0 Å². The van der Waals surface area contributed by atoms with E-state index in [0.717, 1.165) is 14.7 Å². The highest BCUT2D eigenvalue weighted by Crippen LogP contribution is 2.22. The van der Waals surface area contributed by atoms with Gasteiger partial charge < -0.3 is 5.32 Å². The topological polar surface area (TPSA) is 69.7 Å². The molecule has 0 saturated heterocycles. The lowest BCUT2D eigenvalue weighted by molar-refractivity contribution is -0.120. The van der Waals surface area contributed by atoms with Gasteiger partial charge in [0.25, 0.3) is 0 Å². The molecule has 8 heteroatoms. The van der Waals surface area contributed by atoms with Gasteiger partial charge in [-0.2, -0.15) is 12.7 Å². The molecule has 1 amide bonds. The van der Waals surface area contributed by atoms with Crippen LogP contribution in [0.15, 0.2) is 24.3 Å². The Morgan fingerprint density at radius 1 is 1.32 bits per heavy atom.